The van der Waals surface area contributed by atoms with Gasteiger partial charge >= 0.3 is 5.97 Å². The Morgan fingerprint density at radius 3 is 2.71 bits per heavy atom. The molecule has 120 valence electrons. The molecule has 0 aliphatic heterocycles. The van der Waals surface area contributed by atoms with Crippen LogP contribution in [0.3, 0.4) is 0 Å². The maximum atomic E-state index is 10.6. The molecule has 0 radical (unpaired) electrons. The first-order valence-corrected chi connectivity index (χ1v) is 7.17. The van der Waals surface area contributed by atoms with Crippen LogP contribution in [0.25, 0.3) is 11.4 Å². The first-order chi connectivity index (χ1) is 11.7. The fraction of sp³-hybridized carbons (Fsp3) is 0.0588. The number of hydrogen-bond donors (Lipinski definition) is 2. The molecule has 0 amide bonds. The van der Waals surface area contributed by atoms with Gasteiger partial charge in [0.25, 0.3) is 0 Å². The van der Waals surface area contributed by atoms with Crippen LogP contribution >= 0.6 is 0 Å². The zero-order chi connectivity index (χ0) is 16.8. The van der Waals surface area contributed by atoms with Crippen molar-refractivity contribution in [2.24, 2.45) is 0 Å². The molecule has 0 fully saturated rings. The van der Waals surface area contributed by atoms with E-state index in [1.165, 1.54) is 6.33 Å². The van der Waals surface area contributed by atoms with E-state index >= 15 is 0 Å². The molecular weight excluding hydrogens is 308 g/mol. The highest BCUT2D eigenvalue weighted by atomic mass is 16.5. The van der Waals surface area contributed by atoms with Crippen LogP contribution in [0.4, 0.5) is 11.6 Å². The van der Waals surface area contributed by atoms with E-state index in [0.29, 0.717) is 23.2 Å². The molecule has 2 aromatic carbocycles. The summed E-state index contributed by atoms with van der Waals surface area (Å²) >= 11 is 0. The van der Waals surface area contributed by atoms with Crippen molar-refractivity contribution in [2.45, 2.75) is 0 Å². The smallest absolute Gasteiger partial charge is 0.341 e. The van der Waals surface area contributed by atoms with E-state index in [9.17, 15) is 4.79 Å². The predicted molar refractivity (Wildman–Crippen MR) is 88.1 cm³/mol. The number of carbonyl (C=O) groups is 1. The van der Waals surface area contributed by atoms with E-state index in [1.807, 2.05) is 30.3 Å². The zero-order valence-corrected chi connectivity index (χ0v) is 12.6. The van der Waals surface area contributed by atoms with Gasteiger partial charge in [0.1, 0.15) is 12.1 Å². The number of nitrogens with one attached hydrogen (secondary N) is 1. The molecule has 1 aromatic heterocycles. The van der Waals surface area contributed by atoms with Crippen molar-refractivity contribution in [3.8, 4) is 17.1 Å². The van der Waals surface area contributed by atoms with Gasteiger partial charge in [-0.3, -0.25) is 0 Å². The highest BCUT2D eigenvalue weighted by Crippen LogP contribution is 2.21. The average molecular weight is 322 g/mol. The van der Waals surface area contributed by atoms with E-state index in [4.69, 9.17) is 9.84 Å². The minimum atomic E-state index is -1.03. The van der Waals surface area contributed by atoms with Crippen LogP contribution in [-0.2, 0) is 4.79 Å². The van der Waals surface area contributed by atoms with Crippen LogP contribution in [0, 0.1) is 0 Å². The van der Waals surface area contributed by atoms with Crippen LogP contribution in [0.5, 0.6) is 5.75 Å². The molecule has 24 heavy (non-hydrogen) atoms. The Bertz CT molecular complexity index is 840. The van der Waals surface area contributed by atoms with Crippen LogP contribution in [0.2, 0.25) is 0 Å². The summed E-state index contributed by atoms with van der Waals surface area (Å²) in [6.07, 6.45) is 1.43. The summed E-state index contributed by atoms with van der Waals surface area (Å²) in [6, 6.07) is 16.5. The summed E-state index contributed by atoms with van der Waals surface area (Å²) in [4.78, 5) is 23.2. The van der Waals surface area contributed by atoms with Crippen LogP contribution in [0.1, 0.15) is 0 Å². The molecule has 0 saturated carbocycles. The van der Waals surface area contributed by atoms with E-state index in [1.54, 1.807) is 24.3 Å². The normalized spacial score (nSPS) is 10.2. The number of ether oxygens (including phenoxy) is 1. The van der Waals surface area contributed by atoms with E-state index in [-0.39, 0.29) is 0 Å². The summed E-state index contributed by atoms with van der Waals surface area (Å²) in [5.74, 6) is 0.365. The fourth-order valence-electron chi connectivity index (χ4n) is 2.02. The molecule has 0 saturated heterocycles. The lowest BCUT2D eigenvalue weighted by Gasteiger charge is -2.08. The second-order valence-electron chi connectivity index (χ2n) is 4.83. The average Bonchev–Trinajstić information content (AvgIpc) is 2.61. The van der Waals surface area contributed by atoms with E-state index < -0.39 is 12.6 Å². The van der Waals surface area contributed by atoms with Gasteiger partial charge in [0.2, 0.25) is 5.95 Å². The monoisotopic (exact) mass is 322 g/mol. The van der Waals surface area contributed by atoms with Crippen molar-refractivity contribution < 1.29 is 14.6 Å². The number of anilines is 2. The molecule has 0 atom stereocenters. The Hall–Kier alpha value is -3.48. The molecule has 3 aromatic rings. The van der Waals surface area contributed by atoms with E-state index in [2.05, 4.69) is 20.3 Å². The third-order valence-corrected chi connectivity index (χ3v) is 3.06. The summed E-state index contributed by atoms with van der Waals surface area (Å²) in [6.45, 7) is -0.395. The number of rotatable bonds is 6. The zero-order valence-electron chi connectivity index (χ0n) is 12.6. The Balaban J connectivity index is 1.77. The Labute approximate surface area is 138 Å². The Morgan fingerprint density at radius 1 is 1.08 bits per heavy atom. The molecule has 0 aliphatic carbocycles. The predicted octanol–water partition coefficient (Wildman–Crippen LogP) is 2.75. The largest absolute Gasteiger partial charge is 0.482 e. The van der Waals surface area contributed by atoms with Crippen molar-refractivity contribution in [3.05, 3.63) is 60.9 Å². The van der Waals surface area contributed by atoms with Gasteiger partial charge in [-0.15, -0.1) is 0 Å². The minimum Gasteiger partial charge on any atom is -0.482 e. The molecule has 7 nitrogen and oxygen atoms in total. The van der Waals surface area contributed by atoms with Gasteiger partial charge in [-0.05, 0) is 12.1 Å². The summed E-state index contributed by atoms with van der Waals surface area (Å²) in [5.41, 5.74) is 1.57. The van der Waals surface area contributed by atoms with Gasteiger partial charge in [0.15, 0.2) is 12.4 Å². The number of carboxylic acids is 1. The summed E-state index contributed by atoms with van der Waals surface area (Å²) < 4.78 is 5.15. The van der Waals surface area contributed by atoms with Crippen LogP contribution < -0.4 is 10.1 Å². The fourth-order valence-corrected chi connectivity index (χ4v) is 2.02. The molecule has 3 rings (SSSR count). The lowest BCUT2D eigenvalue weighted by Crippen LogP contribution is -2.09. The van der Waals surface area contributed by atoms with Gasteiger partial charge < -0.3 is 15.2 Å². The van der Waals surface area contributed by atoms with Gasteiger partial charge in [-0.1, -0.05) is 36.4 Å². The number of nitrogens with zero attached hydrogens (tertiary/aromatic N) is 3. The molecule has 2 N–H and O–H groups in total. The van der Waals surface area contributed by atoms with Crippen molar-refractivity contribution in [2.75, 3.05) is 11.9 Å². The standard InChI is InChI=1S/C17H14N4O3/c22-15(23)10-24-14-8-4-7-13(9-14)20-17-19-11-18-16(21-17)12-5-2-1-3-6-12/h1-9,11H,10H2,(H,22,23)(H,18,19,20,21). The van der Waals surface area contributed by atoms with Crippen LogP contribution in [0.15, 0.2) is 60.9 Å². The van der Waals surface area contributed by atoms with Crippen molar-refractivity contribution >= 4 is 17.6 Å². The maximum absolute atomic E-state index is 10.6. The molecule has 0 unspecified atom stereocenters. The number of aliphatic carboxylic acids is 1. The third-order valence-electron chi connectivity index (χ3n) is 3.06. The van der Waals surface area contributed by atoms with Crippen LogP contribution in [-0.4, -0.2) is 32.6 Å². The highest BCUT2D eigenvalue weighted by molar-refractivity contribution is 5.68. The molecule has 7 heteroatoms. The maximum Gasteiger partial charge on any atom is 0.341 e. The van der Waals surface area contributed by atoms with Gasteiger partial charge in [-0.2, -0.15) is 4.98 Å². The Morgan fingerprint density at radius 2 is 1.92 bits per heavy atom. The summed E-state index contributed by atoms with van der Waals surface area (Å²) in [5, 5.41) is 11.7. The number of carboxylic acid groups (broad SMARTS) is 1. The lowest BCUT2D eigenvalue weighted by molar-refractivity contribution is -0.139. The highest BCUT2D eigenvalue weighted by Gasteiger charge is 2.05. The van der Waals surface area contributed by atoms with Gasteiger partial charge in [-0.25, -0.2) is 14.8 Å². The van der Waals surface area contributed by atoms with Crippen molar-refractivity contribution in [3.63, 3.8) is 0 Å². The Kier molecular flexibility index (Phi) is 4.62. The SMILES string of the molecule is O=C(O)COc1cccc(Nc2ncnc(-c3ccccc3)n2)c1. The summed E-state index contributed by atoms with van der Waals surface area (Å²) in [7, 11) is 0. The van der Waals surface area contributed by atoms with Crippen molar-refractivity contribution in [1.29, 1.82) is 0 Å². The second-order valence-corrected chi connectivity index (χ2v) is 4.83. The molecule has 0 spiro atoms. The van der Waals surface area contributed by atoms with E-state index in [0.717, 1.165) is 5.56 Å². The quantitative estimate of drug-likeness (QED) is 0.720. The minimum absolute atomic E-state index is 0.388. The number of benzene rings is 2. The topological polar surface area (TPSA) is 97.2 Å². The third kappa shape index (κ3) is 4.04. The lowest BCUT2D eigenvalue weighted by atomic mass is 10.2. The number of aromatic nitrogens is 3. The molecular formula is C17H14N4O3. The van der Waals surface area contributed by atoms with Crippen molar-refractivity contribution in [1.82, 2.24) is 15.0 Å². The molecule has 1 heterocycles. The second kappa shape index (κ2) is 7.19. The first-order valence-electron chi connectivity index (χ1n) is 7.17. The number of hydrogen-bond acceptors (Lipinski definition) is 6. The molecule has 0 bridgehead atoms. The van der Waals surface area contributed by atoms with Gasteiger partial charge in [0, 0.05) is 17.3 Å². The first kappa shape index (κ1) is 15.4. The van der Waals surface area contributed by atoms with Gasteiger partial charge in [0.05, 0.1) is 0 Å². The molecule has 0 aliphatic rings.